The van der Waals surface area contributed by atoms with Crippen LogP contribution >= 0.6 is 0 Å². The van der Waals surface area contributed by atoms with Crippen LogP contribution in [0.2, 0.25) is 0 Å². The van der Waals surface area contributed by atoms with Crippen LogP contribution in [0, 0.1) is 5.92 Å². The normalized spacial score (nSPS) is 12.9. The van der Waals surface area contributed by atoms with E-state index < -0.39 is 10.0 Å². The molecule has 1 aromatic carbocycles. The number of hydrogen-bond acceptors (Lipinski definition) is 4. The first-order valence-electron chi connectivity index (χ1n) is 6.81. The molecule has 114 valence electrons. The summed E-state index contributed by atoms with van der Waals surface area (Å²) in [6.45, 7) is 4.77. The number of para-hydroxylation sites is 2. The number of nitrogens with two attached hydrogens (primary N) is 1. The third-order valence-corrected chi connectivity index (χ3v) is 3.72. The van der Waals surface area contributed by atoms with Crippen molar-refractivity contribution < 1.29 is 17.9 Å². The third-order valence-electron chi connectivity index (χ3n) is 2.79. The SMILES string of the molecule is CCCC(COc1ccccc1OCC)CS(N)(=O)=O. The molecule has 0 aliphatic carbocycles. The number of sulfonamides is 1. The molecule has 0 aliphatic rings. The average Bonchev–Trinajstić information content (AvgIpc) is 2.36. The molecule has 0 fully saturated rings. The van der Waals surface area contributed by atoms with Gasteiger partial charge in [0.05, 0.1) is 19.0 Å². The molecule has 0 aromatic heterocycles. The average molecular weight is 301 g/mol. The van der Waals surface area contributed by atoms with E-state index in [1.54, 1.807) is 0 Å². The Balaban J connectivity index is 2.67. The van der Waals surface area contributed by atoms with Crippen LogP contribution in [0.3, 0.4) is 0 Å². The Bertz CT molecular complexity index is 502. The van der Waals surface area contributed by atoms with E-state index in [0.29, 0.717) is 24.7 Å². The van der Waals surface area contributed by atoms with E-state index in [1.165, 1.54) is 0 Å². The topological polar surface area (TPSA) is 78.6 Å². The van der Waals surface area contributed by atoms with Crippen molar-refractivity contribution in [1.82, 2.24) is 0 Å². The first kappa shape index (κ1) is 16.8. The second-order valence-corrected chi connectivity index (χ2v) is 6.33. The van der Waals surface area contributed by atoms with Gasteiger partial charge in [0, 0.05) is 5.92 Å². The van der Waals surface area contributed by atoms with Crippen LogP contribution in [0.25, 0.3) is 0 Å². The van der Waals surface area contributed by atoms with Gasteiger partial charge in [0.1, 0.15) is 0 Å². The number of hydrogen-bond donors (Lipinski definition) is 1. The van der Waals surface area contributed by atoms with Gasteiger partial charge in [-0.05, 0) is 25.5 Å². The summed E-state index contributed by atoms with van der Waals surface area (Å²) in [5, 5.41) is 5.11. The number of rotatable bonds is 9. The summed E-state index contributed by atoms with van der Waals surface area (Å²) in [7, 11) is -3.48. The van der Waals surface area contributed by atoms with Gasteiger partial charge < -0.3 is 9.47 Å². The number of ether oxygens (including phenoxy) is 2. The van der Waals surface area contributed by atoms with Gasteiger partial charge in [-0.1, -0.05) is 25.5 Å². The minimum Gasteiger partial charge on any atom is -0.490 e. The highest BCUT2D eigenvalue weighted by atomic mass is 32.2. The maximum Gasteiger partial charge on any atom is 0.209 e. The highest BCUT2D eigenvalue weighted by Gasteiger charge is 2.16. The van der Waals surface area contributed by atoms with Crippen molar-refractivity contribution in [3.05, 3.63) is 24.3 Å². The zero-order valence-corrected chi connectivity index (χ0v) is 12.9. The van der Waals surface area contributed by atoms with E-state index in [0.717, 1.165) is 12.8 Å². The minimum absolute atomic E-state index is 0.0579. The second kappa shape index (κ2) is 8.11. The predicted molar refractivity (Wildman–Crippen MR) is 79.5 cm³/mol. The smallest absolute Gasteiger partial charge is 0.209 e. The molecular weight excluding hydrogens is 278 g/mol. The Hall–Kier alpha value is -1.27. The monoisotopic (exact) mass is 301 g/mol. The fraction of sp³-hybridized carbons (Fsp3) is 0.571. The molecule has 0 spiro atoms. The van der Waals surface area contributed by atoms with Crippen LogP contribution in [0.1, 0.15) is 26.7 Å². The molecule has 0 saturated heterocycles. The van der Waals surface area contributed by atoms with Gasteiger partial charge in [-0.3, -0.25) is 0 Å². The minimum atomic E-state index is -3.48. The predicted octanol–water partition coefficient (Wildman–Crippen LogP) is 2.17. The van der Waals surface area contributed by atoms with E-state index >= 15 is 0 Å². The molecule has 1 aromatic rings. The third kappa shape index (κ3) is 6.25. The fourth-order valence-electron chi connectivity index (χ4n) is 2.00. The van der Waals surface area contributed by atoms with Crippen molar-refractivity contribution in [3.8, 4) is 11.5 Å². The van der Waals surface area contributed by atoms with Gasteiger partial charge in [0.25, 0.3) is 0 Å². The lowest BCUT2D eigenvalue weighted by Gasteiger charge is -2.17. The van der Waals surface area contributed by atoms with Crippen LogP contribution in [-0.4, -0.2) is 27.4 Å². The zero-order valence-electron chi connectivity index (χ0n) is 12.0. The first-order chi connectivity index (χ1) is 9.46. The van der Waals surface area contributed by atoms with Crippen molar-refractivity contribution in [2.75, 3.05) is 19.0 Å². The van der Waals surface area contributed by atoms with Gasteiger partial charge in [0.15, 0.2) is 11.5 Å². The fourth-order valence-corrected chi connectivity index (χ4v) is 2.92. The number of primary sulfonamides is 1. The summed E-state index contributed by atoms with van der Waals surface area (Å²) < 4.78 is 33.6. The highest BCUT2D eigenvalue weighted by Crippen LogP contribution is 2.27. The second-order valence-electron chi connectivity index (χ2n) is 4.67. The van der Waals surface area contributed by atoms with Gasteiger partial charge in [0.2, 0.25) is 10.0 Å². The highest BCUT2D eigenvalue weighted by molar-refractivity contribution is 7.89. The molecule has 0 heterocycles. The van der Waals surface area contributed by atoms with Gasteiger partial charge in [-0.2, -0.15) is 0 Å². The van der Waals surface area contributed by atoms with Crippen LogP contribution in [0.4, 0.5) is 0 Å². The van der Waals surface area contributed by atoms with Crippen molar-refractivity contribution in [2.45, 2.75) is 26.7 Å². The Labute approximate surface area is 121 Å². The van der Waals surface area contributed by atoms with Gasteiger partial charge in [-0.15, -0.1) is 0 Å². The molecular formula is C14H23NO4S. The van der Waals surface area contributed by atoms with Crippen molar-refractivity contribution in [1.29, 1.82) is 0 Å². The van der Waals surface area contributed by atoms with Gasteiger partial charge >= 0.3 is 0 Å². The Morgan fingerprint density at radius 1 is 1.15 bits per heavy atom. The van der Waals surface area contributed by atoms with E-state index in [1.807, 2.05) is 38.1 Å². The van der Waals surface area contributed by atoms with E-state index in [4.69, 9.17) is 14.6 Å². The Kier molecular flexibility index (Phi) is 6.81. The van der Waals surface area contributed by atoms with Crippen molar-refractivity contribution in [2.24, 2.45) is 11.1 Å². The molecule has 0 radical (unpaired) electrons. The summed E-state index contributed by atoms with van der Waals surface area (Å²) in [6.07, 6.45) is 1.64. The van der Waals surface area contributed by atoms with E-state index in [2.05, 4.69) is 0 Å². The molecule has 0 aliphatic heterocycles. The standard InChI is InChI=1S/C14H23NO4S/c1-3-7-12(11-20(15,16)17)10-19-14-9-6-5-8-13(14)18-4-2/h5-6,8-9,12H,3-4,7,10-11H2,1-2H3,(H2,15,16,17). The lowest BCUT2D eigenvalue weighted by molar-refractivity contribution is 0.235. The summed E-state index contributed by atoms with van der Waals surface area (Å²) in [6, 6.07) is 7.36. The molecule has 20 heavy (non-hydrogen) atoms. The maximum atomic E-state index is 11.2. The molecule has 0 saturated carbocycles. The van der Waals surface area contributed by atoms with E-state index in [9.17, 15) is 8.42 Å². The molecule has 5 nitrogen and oxygen atoms in total. The molecule has 1 rings (SSSR count). The first-order valence-corrected chi connectivity index (χ1v) is 8.53. The lowest BCUT2D eigenvalue weighted by Crippen LogP contribution is -2.27. The molecule has 6 heteroatoms. The van der Waals surface area contributed by atoms with Crippen molar-refractivity contribution >= 4 is 10.0 Å². The zero-order chi connectivity index (χ0) is 15.0. The largest absolute Gasteiger partial charge is 0.490 e. The summed E-state index contributed by atoms with van der Waals surface area (Å²) >= 11 is 0. The molecule has 1 atom stereocenters. The maximum absolute atomic E-state index is 11.2. The number of benzene rings is 1. The molecule has 0 bridgehead atoms. The van der Waals surface area contributed by atoms with Crippen LogP contribution in [0.5, 0.6) is 11.5 Å². The summed E-state index contributed by atoms with van der Waals surface area (Å²) in [5.41, 5.74) is 0. The molecule has 1 unspecified atom stereocenters. The summed E-state index contributed by atoms with van der Waals surface area (Å²) in [4.78, 5) is 0. The summed E-state index contributed by atoms with van der Waals surface area (Å²) in [5.74, 6) is 1.13. The van der Waals surface area contributed by atoms with Crippen LogP contribution in [0.15, 0.2) is 24.3 Å². The molecule has 0 amide bonds. The molecule has 2 N–H and O–H groups in total. The van der Waals surface area contributed by atoms with Crippen molar-refractivity contribution in [3.63, 3.8) is 0 Å². The lowest BCUT2D eigenvalue weighted by atomic mass is 10.1. The quantitative estimate of drug-likeness (QED) is 0.758. The van der Waals surface area contributed by atoms with Gasteiger partial charge in [-0.25, -0.2) is 13.6 Å². The van der Waals surface area contributed by atoms with Crippen LogP contribution in [-0.2, 0) is 10.0 Å². The van der Waals surface area contributed by atoms with E-state index in [-0.39, 0.29) is 11.7 Å². The Morgan fingerprint density at radius 3 is 2.25 bits per heavy atom. The Morgan fingerprint density at radius 2 is 1.75 bits per heavy atom. The van der Waals surface area contributed by atoms with Crippen LogP contribution < -0.4 is 14.6 Å².